The zero-order valence-electron chi connectivity index (χ0n) is 13.0. The Hall–Kier alpha value is -2.54. The van der Waals surface area contributed by atoms with Gasteiger partial charge in [0.1, 0.15) is 12.4 Å². The quantitative estimate of drug-likeness (QED) is 0.774. The first-order chi connectivity index (χ1) is 11.2. The molecule has 3 N–H and O–H groups in total. The van der Waals surface area contributed by atoms with Gasteiger partial charge in [-0.15, -0.1) is 0 Å². The number of aromatic nitrogens is 2. The maximum atomic E-state index is 12.5. The number of amides is 1. The lowest BCUT2D eigenvalue weighted by molar-refractivity contribution is 0.102. The van der Waals surface area contributed by atoms with Gasteiger partial charge in [0.15, 0.2) is 5.69 Å². The largest absolute Gasteiger partial charge is 0.490 e. The first-order valence-corrected chi connectivity index (χ1v) is 7.78. The second-order valence-electron chi connectivity index (χ2n) is 5.86. The number of ether oxygens (including phenoxy) is 1. The molecule has 0 spiro atoms. The smallest absolute Gasteiger partial charge is 0.276 e. The molecule has 0 fully saturated rings. The summed E-state index contributed by atoms with van der Waals surface area (Å²) in [6.07, 6.45) is 0.872. The van der Waals surface area contributed by atoms with Crippen molar-refractivity contribution in [2.45, 2.75) is 13.0 Å². The molecular formula is C16H19N5O2. The molecule has 0 unspecified atom stereocenters. The average Bonchev–Trinajstić information content (AvgIpc) is 3.00. The van der Waals surface area contributed by atoms with Crippen molar-refractivity contribution in [3.05, 3.63) is 35.2 Å². The minimum atomic E-state index is -0.189. The first kappa shape index (κ1) is 14.1. The van der Waals surface area contributed by atoms with Crippen molar-refractivity contribution < 1.29 is 9.53 Å². The molecule has 7 heteroatoms. The molecule has 3 heterocycles. The van der Waals surface area contributed by atoms with Gasteiger partial charge in [0, 0.05) is 43.5 Å². The van der Waals surface area contributed by atoms with Crippen LogP contribution in [0.5, 0.6) is 5.75 Å². The lowest BCUT2D eigenvalue weighted by Crippen LogP contribution is -2.29. The molecule has 0 radical (unpaired) electrons. The minimum absolute atomic E-state index is 0.189. The number of likely N-dealkylation sites (N-methyl/N-ethyl adjacent to an activating group) is 1. The number of nitrogens with zero attached hydrogens (tertiary/aromatic N) is 2. The topological polar surface area (TPSA) is 82.3 Å². The fraction of sp³-hybridized carbons (Fsp3) is 0.375. The second-order valence-corrected chi connectivity index (χ2v) is 5.86. The van der Waals surface area contributed by atoms with Crippen LogP contribution in [0.15, 0.2) is 18.2 Å². The number of rotatable bonds is 2. The normalized spacial score (nSPS) is 16.3. The number of fused-ring (bicyclic) bond motifs is 2. The van der Waals surface area contributed by atoms with Crippen LogP contribution in [-0.4, -0.2) is 42.8 Å². The zero-order valence-corrected chi connectivity index (χ0v) is 13.0. The van der Waals surface area contributed by atoms with Crippen molar-refractivity contribution in [1.29, 1.82) is 0 Å². The molecule has 2 aromatic rings. The number of hydrogen-bond acceptors (Lipinski definition) is 5. The van der Waals surface area contributed by atoms with Crippen LogP contribution in [-0.2, 0) is 13.0 Å². The number of H-pyrrole nitrogens is 1. The van der Waals surface area contributed by atoms with Gasteiger partial charge in [-0.05, 0) is 18.2 Å². The Morgan fingerprint density at radius 3 is 3.26 bits per heavy atom. The van der Waals surface area contributed by atoms with Crippen LogP contribution in [0.2, 0.25) is 0 Å². The zero-order chi connectivity index (χ0) is 15.8. The van der Waals surface area contributed by atoms with E-state index >= 15 is 0 Å². The molecular weight excluding hydrogens is 294 g/mol. The summed E-state index contributed by atoms with van der Waals surface area (Å²) in [7, 11) is 2.02. The van der Waals surface area contributed by atoms with Gasteiger partial charge in [0.25, 0.3) is 5.91 Å². The van der Waals surface area contributed by atoms with Gasteiger partial charge >= 0.3 is 0 Å². The van der Waals surface area contributed by atoms with Crippen molar-refractivity contribution >= 4 is 17.3 Å². The highest BCUT2D eigenvalue weighted by atomic mass is 16.5. The number of carbonyl (C=O) groups excluding carboxylic acids is 1. The molecule has 23 heavy (non-hydrogen) atoms. The Morgan fingerprint density at radius 2 is 2.35 bits per heavy atom. The van der Waals surface area contributed by atoms with Crippen molar-refractivity contribution in [2.75, 3.05) is 37.0 Å². The van der Waals surface area contributed by atoms with Crippen molar-refractivity contribution in [3.8, 4) is 5.75 Å². The van der Waals surface area contributed by atoms with Gasteiger partial charge < -0.3 is 20.3 Å². The number of hydrogen-bond donors (Lipinski definition) is 3. The molecule has 1 aromatic heterocycles. The Labute approximate surface area is 134 Å². The summed E-state index contributed by atoms with van der Waals surface area (Å²) in [4.78, 5) is 14.7. The highest BCUT2D eigenvalue weighted by molar-refractivity contribution is 6.04. The summed E-state index contributed by atoms with van der Waals surface area (Å²) >= 11 is 0. The van der Waals surface area contributed by atoms with Crippen LogP contribution in [0.1, 0.15) is 21.7 Å². The predicted molar refractivity (Wildman–Crippen MR) is 87.2 cm³/mol. The fourth-order valence-electron chi connectivity index (χ4n) is 3.03. The number of carbonyl (C=O) groups is 1. The van der Waals surface area contributed by atoms with Gasteiger partial charge in [0.05, 0.1) is 12.2 Å². The molecule has 0 saturated heterocycles. The summed E-state index contributed by atoms with van der Waals surface area (Å²) in [5.74, 6) is 0.656. The molecule has 2 aliphatic rings. The number of benzene rings is 1. The molecule has 4 rings (SSSR count). The van der Waals surface area contributed by atoms with E-state index in [2.05, 4.69) is 25.7 Å². The maximum Gasteiger partial charge on any atom is 0.276 e. The SMILES string of the molecule is CN1CCOc2ccc(NC(=O)c3n[nH]c4c3CNCC4)cc21. The van der Waals surface area contributed by atoms with E-state index < -0.39 is 0 Å². The second kappa shape index (κ2) is 5.58. The van der Waals surface area contributed by atoms with Gasteiger partial charge in [0.2, 0.25) is 0 Å². The highest BCUT2D eigenvalue weighted by Gasteiger charge is 2.22. The van der Waals surface area contributed by atoms with E-state index in [1.807, 2.05) is 25.2 Å². The Kier molecular flexibility index (Phi) is 3.42. The maximum absolute atomic E-state index is 12.5. The van der Waals surface area contributed by atoms with Gasteiger partial charge in [-0.1, -0.05) is 0 Å². The Balaban J connectivity index is 1.57. The van der Waals surface area contributed by atoms with E-state index in [0.717, 1.165) is 47.9 Å². The summed E-state index contributed by atoms with van der Waals surface area (Å²) in [6, 6.07) is 5.68. The molecule has 7 nitrogen and oxygen atoms in total. The summed E-state index contributed by atoms with van der Waals surface area (Å²) in [6.45, 7) is 3.10. The van der Waals surface area contributed by atoms with Crippen LogP contribution >= 0.6 is 0 Å². The third-order valence-electron chi connectivity index (χ3n) is 4.33. The van der Waals surface area contributed by atoms with Crippen LogP contribution in [0.3, 0.4) is 0 Å². The van der Waals surface area contributed by atoms with Crippen molar-refractivity contribution in [1.82, 2.24) is 15.5 Å². The van der Waals surface area contributed by atoms with E-state index in [-0.39, 0.29) is 5.91 Å². The van der Waals surface area contributed by atoms with Crippen LogP contribution in [0, 0.1) is 0 Å². The fourth-order valence-corrected chi connectivity index (χ4v) is 3.03. The highest BCUT2D eigenvalue weighted by Crippen LogP contribution is 2.33. The number of aromatic amines is 1. The summed E-state index contributed by atoms with van der Waals surface area (Å²) < 4.78 is 5.62. The lowest BCUT2D eigenvalue weighted by Gasteiger charge is -2.28. The number of nitrogens with one attached hydrogen (secondary N) is 3. The monoisotopic (exact) mass is 313 g/mol. The summed E-state index contributed by atoms with van der Waals surface area (Å²) in [5, 5.41) is 13.4. The average molecular weight is 313 g/mol. The van der Waals surface area contributed by atoms with Gasteiger partial charge in [-0.2, -0.15) is 5.10 Å². The van der Waals surface area contributed by atoms with E-state index in [4.69, 9.17) is 4.74 Å². The molecule has 0 saturated carbocycles. The third kappa shape index (κ3) is 2.53. The minimum Gasteiger partial charge on any atom is -0.490 e. The molecule has 0 atom stereocenters. The van der Waals surface area contributed by atoms with Crippen molar-refractivity contribution in [2.24, 2.45) is 0 Å². The van der Waals surface area contributed by atoms with Crippen molar-refractivity contribution in [3.63, 3.8) is 0 Å². The van der Waals surface area contributed by atoms with Crippen LogP contribution < -0.4 is 20.3 Å². The van der Waals surface area contributed by atoms with E-state index in [1.54, 1.807) is 0 Å². The summed E-state index contributed by atoms with van der Waals surface area (Å²) in [5.41, 5.74) is 4.21. The van der Waals surface area contributed by atoms with E-state index in [0.29, 0.717) is 18.8 Å². The third-order valence-corrected chi connectivity index (χ3v) is 4.33. The Morgan fingerprint density at radius 1 is 1.43 bits per heavy atom. The molecule has 120 valence electrons. The molecule has 0 bridgehead atoms. The molecule has 0 aliphatic carbocycles. The first-order valence-electron chi connectivity index (χ1n) is 7.78. The Bertz CT molecular complexity index is 755. The molecule has 1 amide bonds. The molecule has 2 aliphatic heterocycles. The number of anilines is 2. The predicted octanol–water partition coefficient (Wildman–Crippen LogP) is 1.14. The van der Waals surface area contributed by atoms with E-state index in [9.17, 15) is 4.79 Å². The van der Waals surface area contributed by atoms with Crippen LogP contribution in [0.4, 0.5) is 11.4 Å². The standard InChI is InChI=1S/C16H19N5O2/c1-21-6-7-23-14-3-2-10(8-13(14)21)18-16(22)15-11-9-17-5-4-12(11)19-20-15/h2-3,8,17H,4-7,9H2,1H3,(H,18,22)(H,19,20). The van der Waals surface area contributed by atoms with Crippen LogP contribution in [0.25, 0.3) is 0 Å². The molecule has 1 aromatic carbocycles. The van der Waals surface area contributed by atoms with Gasteiger partial charge in [-0.3, -0.25) is 9.89 Å². The van der Waals surface area contributed by atoms with Gasteiger partial charge in [-0.25, -0.2) is 0 Å². The lowest BCUT2D eigenvalue weighted by atomic mass is 10.1. The van der Waals surface area contributed by atoms with E-state index in [1.165, 1.54) is 0 Å².